The first-order chi connectivity index (χ1) is 10.8. The standard InChI is InChI=1S/C13H10FN3O5S/c14-10-3-1-9(2-4-10)13(18)15-16-23(21,22)12-7-5-11(6-8-12)17(19)20/h1-8,16H,(H,15,18). The Balaban J connectivity index is 2.07. The Hall–Kier alpha value is -2.85. The number of rotatable bonds is 5. The minimum atomic E-state index is -4.09. The molecule has 8 nitrogen and oxygen atoms in total. The van der Waals surface area contributed by atoms with Crippen LogP contribution in [0.1, 0.15) is 10.4 Å². The predicted octanol–water partition coefficient (Wildman–Crippen LogP) is 1.36. The van der Waals surface area contributed by atoms with Gasteiger partial charge in [-0.05, 0) is 36.4 Å². The molecule has 2 aromatic rings. The number of nitrogens with one attached hydrogen (secondary N) is 2. The fourth-order valence-electron chi connectivity index (χ4n) is 1.59. The molecule has 0 bridgehead atoms. The molecule has 0 heterocycles. The fraction of sp³-hybridized carbons (Fsp3) is 0. The number of amides is 1. The summed E-state index contributed by atoms with van der Waals surface area (Å²) < 4.78 is 36.6. The van der Waals surface area contributed by atoms with E-state index in [-0.39, 0.29) is 16.1 Å². The number of benzene rings is 2. The first-order valence-corrected chi connectivity index (χ1v) is 7.60. The van der Waals surface area contributed by atoms with Crippen molar-refractivity contribution < 1.29 is 22.5 Å². The summed E-state index contributed by atoms with van der Waals surface area (Å²) in [5.41, 5.74) is 1.75. The van der Waals surface area contributed by atoms with Gasteiger partial charge < -0.3 is 0 Å². The van der Waals surface area contributed by atoms with E-state index < -0.39 is 26.7 Å². The first-order valence-electron chi connectivity index (χ1n) is 6.12. The van der Waals surface area contributed by atoms with Crippen molar-refractivity contribution in [3.63, 3.8) is 0 Å². The Morgan fingerprint density at radius 2 is 1.61 bits per heavy atom. The number of hydrogen-bond acceptors (Lipinski definition) is 5. The largest absolute Gasteiger partial charge is 0.273 e. The average Bonchev–Trinajstić information content (AvgIpc) is 2.53. The highest BCUT2D eigenvalue weighted by Crippen LogP contribution is 2.15. The van der Waals surface area contributed by atoms with Crippen LogP contribution in [0.15, 0.2) is 53.4 Å². The number of carbonyl (C=O) groups excluding carboxylic acids is 1. The van der Waals surface area contributed by atoms with Gasteiger partial charge in [0.2, 0.25) is 0 Å². The van der Waals surface area contributed by atoms with Crippen molar-refractivity contribution in [2.24, 2.45) is 0 Å². The van der Waals surface area contributed by atoms with E-state index in [1.165, 1.54) is 12.1 Å². The highest BCUT2D eigenvalue weighted by molar-refractivity contribution is 7.89. The molecule has 0 unspecified atom stereocenters. The van der Waals surface area contributed by atoms with Crippen molar-refractivity contribution in [3.8, 4) is 0 Å². The van der Waals surface area contributed by atoms with Crippen LogP contribution >= 0.6 is 0 Å². The van der Waals surface area contributed by atoms with Gasteiger partial charge in [-0.1, -0.05) is 0 Å². The van der Waals surface area contributed by atoms with Gasteiger partial charge in [0.25, 0.3) is 21.6 Å². The molecule has 10 heteroatoms. The lowest BCUT2D eigenvalue weighted by molar-refractivity contribution is -0.384. The Morgan fingerprint density at radius 1 is 1.04 bits per heavy atom. The van der Waals surface area contributed by atoms with Gasteiger partial charge in [-0.3, -0.25) is 20.3 Å². The highest BCUT2D eigenvalue weighted by Gasteiger charge is 2.17. The Labute approximate surface area is 130 Å². The van der Waals surface area contributed by atoms with Crippen LogP contribution in [0.5, 0.6) is 0 Å². The Kier molecular flexibility index (Phi) is 4.67. The number of non-ortho nitro benzene ring substituents is 1. The molecule has 0 aliphatic heterocycles. The molecule has 1 amide bonds. The third-order valence-electron chi connectivity index (χ3n) is 2.76. The van der Waals surface area contributed by atoms with Gasteiger partial charge >= 0.3 is 0 Å². The molecule has 0 saturated carbocycles. The molecule has 0 saturated heterocycles. The Morgan fingerprint density at radius 3 is 2.13 bits per heavy atom. The van der Waals surface area contributed by atoms with Crippen molar-refractivity contribution in [2.75, 3.05) is 0 Å². The molecule has 120 valence electrons. The number of nitrogens with zero attached hydrogens (tertiary/aromatic N) is 1. The lowest BCUT2D eigenvalue weighted by atomic mass is 10.2. The van der Waals surface area contributed by atoms with E-state index in [9.17, 15) is 27.7 Å². The quantitative estimate of drug-likeness (QED) is 0.630. The molecular formula is C13H10FN3O5S. The van der Waals surface area contributed by atoms with E-state index in [1.54, 1.807) is 0 Å². The third kappa shape index (κ3) is 4.08. The molecule has 2 aromatic carbocycles. The number of nitro groups is 1. The second-order valence-electron chi connectivity index (χ2n) is 4.32. The van der Waals surface area contributed by atoms with Crippen molar-refractivity contribution >= 4 is 21.6 Å². The first kappa shape index (κ1) is 16.5. The molecule has 0 spiro atoms. The maximum atomic E-state index is 12.7. The van der Waals surface area contributed by atoms with Crippen LogP contribution in [0.4, 0.5) is 10.1 Å². The second kappa shape index (κ2) is 6.50. The summed E-state index contributed by atoms with van der Waals surface area (Å²) in [6, 6.07) is 8.59. The van der Waals surface area contributed by atoms with Crippen molar-refractivity contribution in [1.29, 1.82) is 0 Å². The summed E-state index contributed by atoms with van der Waals surface area (Å²) in [7, 11) is -4.09. The molecule has 2 rings (SSSR count). The summed E-state index contributed by atoms with van der Waals surface area (Å²) in [5, 5.41) is 10.5. The maximum absolute atomic E-state index is 12.7. The number of carbonyl (C=O) groups is 1. The fourth-order valence-corrected chi connectivity index (χ4v) is 2.43. The van der Waals surface area contributed by atoms with E-state index in [0.29, 0.717) is 0 Å². The zero-order valence-electron chi connectivity index (χ0n) is 11.4. The summed E-state index contributed by atoms with van der Waals surface area (Å²) in [4.78, 5) is 23.2. The molecule has 0 atom stereocenters. The van der Waals surface area contributed by atoms with Gasteiger partial charge in [0.1, 0.15) is 5.82 Å². The third-order valence-corrected chi connectivity index (χ3v) is 4.03. The van der Waals surface area contributed by atoms with Crippen LogP contribution in [0.25, 0.3) is 0 Å². The SMILES string of the molecule is O=C(NNS(=O)(=O)c1ccc([N+](=O)[O-])cc1)c1ccc(F)cc1. The van der Waals surface area contributed by atoms with Gasteiger partial charge in [-0.2, -0.15) is 0 Å². The average molecular weight is 339 g/mol. The topological polar surface area (TPSA) is 118 Å². The van der Waals surface area contributed by atoms with Gasteiger partial charge in [0.05, 0.1) is 9.82 Å². The van der Waals surface area contributed by atoms with Crippen LogP contribution in [-0.4, -0.2) is 19.2 Å². The molecule has 23 heavy (non-hydrogen) atoms. The summed E-state index contributed by atoms with van der Waals surface area (Å²) >= 11 is 0. The number of hydrazine groups is 1. The van der Waals surface area contributed by atoms with E-state index in [4.69, 9.17) is 0 Å². The second-order valence-corrected chi connectivity index (χ2v) is 6.00. The molecule has 0 aliphatic carbocycles. The Bertz CT molecular complexity index is 835. The minimum absolute atomic E-state index is 0.0535. The monoisotopic (exact) mass is 339 g/mol. The number of sulfonamides is 1. The van der Waals surface area contributed by atoms with Gasteiger partial charge in [0.15, 0.2) is 0 Å². The lowest BCUT2D eigenvalue weighted by Gasteiger charge is -2.08. The predicted molar refractivity (Wildman–Crippen MR) is 77.3 cm³/mol. The highest BCUT2D eigenvalue weighted by atomic mass is 32.2. The normalized spacial score (nSPS) is 11.0. The zero-order valence-corrected chi connectivity index (χ0v) is 12.2. The van der Waals surface area contributed by atoms with Crippen LogP contribution in [0.2, 0.25) is 0 Å². The van der Waals surface area contributed by atoms with Crippen LogP contribution in [0, 0.1) is 15.9 Å². The zero-order chi connectivity index (χ0) is 17.0. The van der Waals surface area contributed by atoms with Gasteiger partial charge in [-0.15, -0.1) is 4.83 Å². The number of nitro benzene ring substituents is 1. The van der Waals surface area contributed by atoms with Crippen LogP contribution < -0.4 is 10.3 Å². The lowest BCUT2D eigenvalue weighted by Crippen LogP contribution is -2.41. The minimum Gasteiger partial charge on any atom is -0.273 e. The van der Waals surface area contributed by atoms with Crippen molar-refractivity contribution in [3.05, 3.63) is 70.0 Å². The molecule has 0 aromatic heterocycles. The molecular weight excluding hydrogens is 329 g/mol. The molecule has 0 radical (unpaired) electrons. The molecule has 2 N–H and O–H groups in total. The number of hydrogen-bond donors (Lipinski definition) is 2. The summed E-state index contributed by atoms with van der Waals surface area (Å²) in [5.74, 6) is -1.32. The van der Waals surface area contributed by atoms with E-state index in [2.05, 4.69) is 0 Å². The van der Waals surface area contributed by atoms with E-state index in [1.807, 2.05) is 10.3 Å². The smallest absolute Gasteiger partial charge is 0.269 e. The maximum Gasteiger partial charge on any atom is 0.269 e. The van der Waals surface area contributed by atoms with E-state index >= 15 is 0 Å². The number of halogens is 1. The van der Waals surface area contributed by atoms with Crippen molar-refractivity contribution in [2.45, 2.75) is 4.90 Å². The van der Waals surface area contributed by atoms with Gasteiger partial charge in [0, 0.05) is 17.7 Å². The van der Waals surface area contributed by atoms with Crippen LogP contribution in [0.3, 0.4) is 0 Å². The van der Waals surface area contributed by atoms with Crippen molar-refractivity contribution in [1.82, 2.24) is 10.3 Å². The van der Waals surface area contributed by atoms with E-state index in [0.717, 1.165) is 36.4 Å². The summed E-state index contributed by atoms with van der Waals surface area (Å²) in [6.07, 6.45) is 0. The molecule has 0 fully saturated rings. The van der Waals surface area contributed by atoms with Crippen LogP contribution in [-0.2, 0) is 10.0 Å². The van der Waals surface area contributed by atoms with Gasteiger partial charge in [-0.25, -0.2) is 12.8 Å². The molecule has 0 aliphatic rings. The summed E-state index contributed by atoms with van der Waals surface area (Å²) in [6.45, 7) is 0.